The van der Waals surface area contributed by atoms with Crippen LogP contribution >= 0.6 is 0 Å². The summed E-state index contributed by atoms with van der Waals surface area (Å²) in [5.74, 6) is 1.50. The molecule has 1 fully saturated rings. The number of carbonyl (C=O) groups is 2. The summed E-state index contributed by atoms with van der Waals surface area (Å²) < 4.78 is 12.9. The summed E-state index contributed by atoms with van der Waals surface area (Å²) in [7, 11) is 3.29. The quantitative estimate of drug-likeness (QED) is 0.235. The van der Waals surface area contributed by atoms with Gasteiger partial charge in [-0.05, 0) is 85.5 Å². The maximum Gasteiger partial charge on any atom is 0.255 e. The van der Waals surface area contributed by atoms with Crippen LogP contribution in [-0.4, -0.2) is 66.6 Å². The van der Waals surface area contributed by atoms with E-state index in [4.69, 9.17) is 9.47 Å². The van der Waals surface area contributed by atoms with Gasteiger partial charge in [-0.1, -0.05) is 31.5 Å². The Morgan fingerprint density at radius 2 is 1.40 bits per heavy atom. The Kier molecular flexibility index (Phi) is 8.96. The largest absolute Gasteiger partial charge is 0.497 e. The van der Waals surface area contributed by atoms with Gasteiger partial charge in [0.05, 0.1) is 25.5 Å². The molecule has 0 saturated carbocycles. The van der Waals surface area contributed by atoms with Crippen LogP contribution in [0.5, 0.6) is 11.5 Å². The lowest BCUT2D eigenvalue weighted by molar-refractivity contribution is 0.0535. The Hall–Kier alpha value is -4.52. The van der Waals surface area contributed by atoms with Crippen molar-refractivity contribution >= 4 is 11.8 Å². The zero-order valence-electron chi connectivity index (χ0n) is 24.9. The molecule has 0 radical (unpaired) electrons. The summed E-state index contributed by atoms with van der Waals surface area (Å²) in [6, 6.07) is 25.6. The smallest absolute Gasteiger partial charge is 0.255 e. The van der Waals surface area contributed by atoms with E-state index in [2.05, 4.69) is 23.6 Å². The number of aromatic nitrogens is 1. The number of ether oxygens (including phenoxy) is 2. The number of hydrogen-bond acceptors (Lipinski definition) is 4. The zero-order chi connectivity index (χ0) is 29.6. The van der Waals surface area contributed by atoms with Gasteiger partial charge in [0, 0.05) is 49.2 Å². The van der Waals surface area contributed by atoms with Crippen molar-refractivity contribution in [3.8, 4) is 28.4 Å². The first-order valence-electron chi connectivity index (χ1n) is 14.6. The number of rotatable bonds is 9. The van der Waals surface area contributed by atoms with E-state index in [0.717, 1.165) is 53.4 Å². The second-order valence-corrected chi connectivity index (χ2v) is 10.7. The Morgan fingerprint density at radius 1 is 0.762 bits per heavy atom. The van der Waals surface area contributed by atoms with E-state index in [9.17, 15) is 9.59 Å². The molecule has 7 nitrogen and oxygen atoms in total. The highest BCUT2D eigenvalue weighted by Crippen LogP contribution is 2.32. The van der Waals surface area contributed by atoms with Crippen molar-refractivity contribution in [1.29, 1.82) is 0 Å². The van der Waals surface area contributed by atoms with Gasteiger partial charge in [0.1, 0.15) is 11.5 Å². The second kappa shape index (κ2) is 13.0. The number of piperazine rings is 1. The highest BCUT2D eigenvalue weighted by molar-refractivity contribution is 5.98. The van der Waals surface area contributed by atoms with E-state index in [1.807, 2.05) is 83.5 Å². The lowest BCUT2D eigenvalue weighted by Gasteiger charge is -2.35. The number of aryl methyl sites for hydroxylation is 1. The van der Waals surface area contributed by atoms with Crippen molar-refractivity contribution in [3.63, 3.8) is 0 Å². The van der Waals surface area contributed by atoms with Gasteiger partial charge in [0.15, 0.2) is 0 Å². The van der Waals surface area contributed by atoms with Crippen LogP contribution in [0.4, 0.5) is 0 Å². The van der Waals surface area contributed by atoms with Crippen LogP contribution in [0.25, 0.3) is 16.9 Å². The lowest BCUT2D eigenvalue weighted by Crippen LogP contribution is -2.50. The molecule has 0 spiro atoms. The molecular weight excluding hydrogens is 526 g/mol. The predicted molar refractivity (Wildman–Crippen MR) is 166 cm³/mol. The number of benzene rings is 3. The van der Waals surface area contributed by atoms with Gasteiger partial charge in [-0.3, -0.25) is 9.59 Å². The number of amides is 2. The average Bonchev–Trinajstić information content (AvgIpc) is 3.40. The average molecular weight is 566 g/mol. The molecule has 0 atom stereocenters. The normalized spacial score (nSPS) is 13.2. The van der Waals surface area contributed by atoms with Gasteiger partial charge in [0.25, 0.3) is 11.8 Å². The Labute approximate surface area is 248 Å². The van der Waals surface area contributed by atoms with Crippen LogP contribution in [0.15, 0.2) is 78.9 Å². The van der Waals surface area contributed by atoms with Crippen LogP contribution in [0, 0.1) is 6.92 Å². The molecule has 0 bridgehead atoms. The van der Waals surface area contributed by atoms with Gasteiger partial charge in [-0.2, -0.15) is 0 Å². The summed E-state index contributed by atoms with van der Waals surface area (Å²) in [5, 5.41) is 0. The van der Waals surface area contributed by atoms with Gasteiger partial charge in [-0.15, -0.1) is 0 Å². The molecule has 0 N–H and O–H groups in total. The minimum absolute atomic E-state index is 0.0197. The van der Waals surface area contributed by atoms with Gasteiger partial charge in [0.2, 0.25) is 0 Å². The second-order valence-electron chi connectivity index (χ2n) is 10.7. The topological polar surface area (TPSA) is 64.0 Å². The Balaban J connectivity index is 1.36. The van der Waals surface area contributed by atoms with Crippen molar-refractivity contribution in [3.05, 3.63) is 101 Å². The van der Waals surface area contributed by atoms with Crippen molar-refractivity contribution in [2.24, 2.45) is 0 Å². The molecule has 2 amide bonds. The fourth-order valence-corrected chi connectivity index (χ4v) is 5.54. The first-order valence-corrected chi connectivity index (χ1v) is 14.6. The van der Waals surface area contributed by atoms with Crippen LogP contribution in [0.2, 0.25) is 0 Å². The SMILES string of the molecule is CCCCc1ccc(C(=O)N2CCN(C(=O)c3cc(-c4ccc(OC)cc4)n(-c4cccc(OC)c4)c3C)CC2)cc1. The zero-order valence-corrected chi connectivity index (χ0v) is 24.9. The molecule has 42 heavy (non-hydrogen) atoms. The number of methoxy groups -OCH3 is 2. The Morgan fingerprint density at radius 3 is 2.02 bits per heavy atom. The molecule has 1 aromatic heterocycles. The minimum atomic E-state index is -0.0312. The van der Waals surface area contributed by atoms with Crippen LogP contribution < -0.4 is 9.47 Å². The number of unbranched alkanes of at least 4 members (excludes halogenated alkanes) is 1. The first-order chi connectivity index (χ1) is 20.4. The van der Waals surface area contributed by atoms with Crippen LogP contribution in [-0.2, 0) is 6.42 Å². The highest BCUT2D eigenvalue weighted by Gasteiger charge is 2.28. The molecule has 7 heteroatoms. The van der Waals surface area contributed by atoms with Gasteiger partial charge < -0.3 is 23.8 Å². The molecule has 218 valence electrons. The molecular formula is C35H39N3O4. The summed E-state index contributed by atoms with van der Waals surface area (Å²) in [4.78, 5) is 30.8. The number of carbonyl (C=O) groups excluding carboxylic acids is 2. The van der Waals surface area contributed by atoms with E-state index in [1.54, 1.807) is 14.2 Å². The maximum absolute atomic E-state index is 13.9. The van der Waals surface area contributed by atoms with Crippen molar-refractivity contribution in [2.75, 3.05) is 40.4 Å². The van der Waals surface area contributed by atoms with Gasteiger partial charge >= 0.3 is 0 Å². The first kappa shape index (κ1) is 29.0. The third-order valence-corrected chi connectivity index (χ3v) is 8.05. The third kappa shape index (κ3) is 6.05. The van der Waals surface area contributed by atoms with E-state index in [1.165, 1.54) is 5.56 Å². The molecule has 1 saturated heterocycles. The molecule has 0 unspecified atom stereocenters. The lowest BCUT2D eigenvalue weighted by atomic mass is 10.1. The molecule has 1 aliphatic heterocycles. The predicted octanol–water partition coefficient (Wildman–Crippen LogP) is 6.41. The van der Waals surface area contributed by atoms with Crippen molar-refractivity contribution in [1.82, 2.24) is 14.4 Å². The highest BCUT2D eigenvalue weighted by atomic mass is 16.5. The standard InChI is InChI=1S/C35H39N3O4/c1-5-6-8-26-11-13-28(14-12-26)34(39)36-19-21-37(22-20-36)35(40)32-24-33(27-15-17-30(41-3)18-16-27)38(25(32)2)29-9-7-10-31(23-29)42-4/h7,9-18,23-24H,5-6,8,19-22H2,1-4H3. The van der Waals surface area contributed by atoms with Crippen molar-refractivity contribution in [2.45, 2.75) is 33.1 Å². The van der Waals surface area contributed by atoms with Gasteiger partial charge in [-0.25, -0.2) is 0 Å². The van der Waals surface area contributed by atoms with E-state index >= 15 is 0 Å². The fourth-order valence-electron chi connectivity index (χ4n) is 5.54. The van der Waals surface area contributed by atoms with Crippen LogP contribution in [0.3, 0.4) is 0 Å². The van der Waals surface area contributed by atoms with Crippen LogP contribution in [0.1, 0.15) is 51.7 Å². The number of hydrogen-bond donors (Lipinski definition) is 0. The third-order valence-electron chi connectivity index (χ3n) is 8.05. The summed E-state index contributed by atoms with van der Waals surface area (Å²) >= 11 is 0. The summed E-state index contributed by atoms with van der Waals surface area (Å²) in [6.07, 6.45) is 3.33. The summed E-state index contributed by atoms with van der Waals surface area (Å²) in [5.41, 5.74) is 6.24. The van der Waals surface area contributed by atoms with E-state index < -0.39 is 0 Å². The minimum Gasteiger partial charge on any atom is -0.497 e. The van der Waals surface area contributed by atoms with E-state index in [-0.39, 0.29) is 11.8 Å². The van der Waals surface area contributed by atoms with E-state index in [0.29, 0.717) is 37.3 Å². The molecule has 4 aromatic rings. The number of nitrogens with zero attached hydrogens (tertiary/aromatic N) is 3. The molecule has 1 aliphatic rings. The molecule has 5 rings (SSSR count). The maximum atomic E-state index is 13.9. The Bertz CT molecular complexity index is 1530. The molecule has 0 aliphatic carbocycles. The monoisotopic (exact) mass is 565 g/mol. The fraction of sp³-hybridized carbons (Fsp3) is 0.314. The molecule has 2 heterocycles. The van der Waals surface area contributed by atoms with Crippen molar-refractivity contribution < 1.29 is 19.1 Å². The molecule has 3 aromatic carbocycles. The summed E-state index contributed by atoms with van der Waals surface area (Å²) in [6.45, 7) is 6.14.